The van der Waals surface area contributed by atoms with Gasteiger partial charge in [-0.3, -0.25) is 4.90 Å². The third kappa shape index (κ3) is 3.68. The number of sulfonamides is 1. The maximum atomic E-state index is 12.7. The van der Waals surface area contributed by atoms with Crippen LogP contribution in [0, 0.1) is 0 Å². The lowest BCUT2D eigenvalue weighted by atomic mass is 10.2. The molecule has 0 amide bonds. The summed E-state index contributed by atoms with van der Waals surface area (Å²) in [5.74, 6) is 1.08. The molecule has 1 aromatic carbocycles. The molecule has 3 heterocycles. The van der Waals surface area contributed by atoms with Gasteiger partial charge in [0.15, 0.2) is 0 Å². The minimum atomic E-state index is -3.44. The summed E-state index contributed by atoms with van der Waals surface area (Å²) in [5, 5.41) is 10.3. The highest BCUT2D eigenvalue weighted by atomic mass is 32.2. The Hall–Kier alpha value is -2.07. The Morgan fingerprint density at radius 1 is 1.04 bits per heavy atom. The van der Waals surface area contributed by atoms with Crippen molar-refractivity contribution >= 4 is 21.4 Å². The van der Waals surface area contributed by atoms with Crippen LogP contribution in [0.3, 0.4) is 0 Å². The molecule has 2 aromatic heterocycles. The van der Waals surface area contributed by atoms with Gasteiger partial charge in [0.25, 0.3) is 5.89 Å². The second-order valence-corrected chi connectivity index (χ2v) is 9.24. The van der Waals surface area contributed by atoms with Crippen LogP contribution in [0.25, 0.3) is 10.8 Å². The van der Waals surface area contributed by atoms with Gasteiger partial charge in [-0.05, 0) is 30.5 Å². The number of piperazine rings is 1. The van der Waals surface area contributed by atoms with E-state index in [2.05, 4.69) is 15.1 Å². The van der Waals surface area contributed by atoms with Gasteiger partial charge in [-0.2, -0.15) is 4.31 Å². The molecule has 142 valence electrons. The summed E-state index contributed by atoms with van der Waals surface area (Å²) in [7, 11) is -3.44. The highest BCUT2D eigenvalue weighted by molar-refractivity contribution is 7.89. The van der Waals surface area contributed by atoms with Crippen molar-refractivity contribution in [2.45, 2.75) is 17.9 Å². The number of nitrogens with zero attached hydrogens (tertiary/aromatic N) is 4. The fourth-order valence-corrected chi connectivity index (χ4v) is 5.22. The molecule has 7 nitrogen and oxygen atoms in total. The maximum absolute atomic E-state index is 12.7. The number of benzene rings is 1. The molecule has 3 aromatic rings. The highest BCUT2D eigenvalue weighted by Gasteiger charge is 2.31. The van der Waals surface area contributed by atoms with Crippen molar-refractivity contribution in [3.05, 3.63) is 53.7 Å². The fourth-order valence-electron chi connectivity index (χ4n) is 3.13. The Balaban J connectivity index is 1.42. The average molecular weight is 405 g/mol. The second-order valence-electron chi connectivity index (χ2n) is 6.35. The van der Waals surface area contributed by atoms with E-state index in [1.807, 2.05) is 30.5 Å². The Morgan fingerprint density at radius 3 is 2.44 bits per heavy atom. The minimum Gasteiger partial charge on any atom is -0.418 e. The SMILES string of the molecule is C[C@@H](c1nnc(-c2cccs2)o1)N1CCN(S(=O)(=O)c2ccccc2)CC1. The van der Waals surface area contributed by atoms with Gasteiger partial charge in [0.2, 0.25) is 15.9 Å². The molecular weight excluding hydrogens is 384 g/mol. The second kappa shape index (κ2) is 7.51. The lowest BCUT2D eigenvalue weighted by Crippen LogP contribution is -2.49. The largest absolute Gasteiger partial charge is 0.418 e. The summed E-state index contributed by atoms with van der Waals surface area (Å²) in [6, 6.07) is 12.4. The van der Waals surface area contributed by atoms with Crippen molar-refractivity contribution in [3.63, 3.8) is 0 Å². The van der Waals surface area contributed by atoms with E-state index in [4.69, 9.17) is 4.42 Å². The molecule has 1 aliphatic rings. The van der Waals surface area contributed by atoms with E-state index < -0.39 is 10.0 Å². The molecule has 1 saturated heterocycles. The van der Waals surface area contributed by atoms with Crippen LogP contribution in [0.5, 0.6) is 0 Å². The van der Waals surface area contributed by atoms with Gasteiger partial charge in [0, 0.05) is 26.2 Å². The molecule has 0 spiro atoms. The number of hydrogen-bond donors (Lipinski definition) is 0. The molecule has 0 bridgehead atoms. The van der Waals surface area contributed by atoms with Crippen molar-refractivity contribution in [3.8, 4) is 10.8 Å². The Morgan fingerprint density at radius 2 is 1.78 bits per heavy atom. The lowest BCUT2D eigenvalue weighted by molar-refractivity contribution is 0.129. The van der Waals surface area contributed by atoms with Gasteiger partial charge in [-0.15, -0.1) is 21.5 Å². The Bertz CT molecular complexity index is 979. The third-order valence-electron chi connectivity index (χ3n) is 4.73. The molecule has 4 rings (SSSR count). The van der Waals surface area contributed by atoms with Crippen molar-refractivity contribution in [2.75, 3.05) is 26.2 Å². The van der Waals surface area contributed by atoms with Crippen molar-refractivity contribution < 1.29 is 12.8 Å². The number of thiophene rings is 1. The summed E-state index contributed by atoms with van der Waals surface area (Å²) < 4.78 is 32.8. The molecule has 0 aliphatic carbocycles. The number of aromatic nitrogens is 2. The quantitative estimate of drug-likeness (QED) is 0.651. The van der Waals surface area contributed by atoms with Crippen LogP contribution in [0.4, 0.5) is 0 Å². The van der Waals surface area contributed by atoms with E-state index in [0.29, 0.717) is 42.9 Å². The van der Waals surface area contributed by atoms with Gasteiger partial charge in [-0.1, -0.05) is 24.3 Å². The van der Waals surface area contributed by atoms with Crippen LogP contribution in [0.15, 0.2) is 57.2 Å². The van der Waals surface area contributed by atoms with Gasteiger partial charge < -0.3 is 4.42 Å². The molecule has 1 aliphatic heterocycles. The monoisotopic (exact) mass is 404 g/mol. The van der Waals surface area contributed by atoms with Crippen LogP contribution in [0.2, 0.25) is 0 Å². The van der Waals surface area contributed by atoms with Crippen LogP contribution >= 0.6 is 11.3 Å². The highest BCUT2D eigenvalue weighted by Crippen LogP contribution is 2.28. The summed E-state index contributed by atoms with van der Waals surface area (Å²) >= 11 is 1.55. The topological polar surface area (TPSA) is 79.5 Å². The average Bonchev–Trinajstić information content (AvgIpc) is 3.40. The van der Waals surface area contributed by atoms with Crippen LogP contribution in [-0.4, -0.2) is 54.0 Å². The summed E-state index contributed by atoms with van der Waals surface area (Å²) in [4.78, 5) is 3.45. The van der Waals surface area contributed by atoms with Gasteiger partial charge in [0.1, 0.15) is 0 Å². The lowest BCUT2D eigenvalue weighted by Gasteiger charge is -2.36. The van der Waals surface area contributed by atoms with Crippen molar-refractivity contribution in [1.29, 1.82) is 0 Å². The third-order valence-corrected chi connectivity index (χ3v) is 7.50. The molecule has 27 heavy (non-hydrogen) atoms. The summed E-state index contributed by atoms with van der Waals surface area (Å²) in [5.41, 5.74) is 0. The first-order chi connectivity index (χ1) is 13.1. The smallest absolute Gasteiger partial charge is 0.257 e. The van der Waals surface area contributed by atoms with E-state index in [1.165, 1.54) is 4.31 Å². The Labute approximate surface area is 162 Å². The first-order valence-corrected chi connectivity index (χ1v) is 11.0. The molecule has 0 saturated carbocycles. The normalized spacial score (nSPS) is 17.8. The zero-order chi connectivity index (χ0) is 18.9. The van der Waals surface area contributed by atoms with Crippen LogP contribution in [-0.2, 0) is 10.0 Å². The van der Waals surface area contributed by atoms with Gasteiger partial charge in [-0.25, -0.2) is 8.42 Å². The molecule has 9 heteroatoms. The molecular formula is C18H20N4O3S2. The summed E-state index contributed by atoms with van der Waals surface area (Å²) in [6.07, 6.45) is 0. The standard InChI is InChI=1S/C18H20N4O3S2/c1-14(17-19-20-18(25-17)16-8-5-13-26-16)21-9-11-22(12-10-21)27(23,24)15-6-3-2-4-7-15/h2-8,13-14H,9-12H2,1H3/t14-/m0/s1. The van der Waals surface area contributed by atoms with E-state index in [1.54, 1.807) is 35.6 Å². The van der Waals surface area contributed by atoms with Gasteiger partial charge >= 0.3 is 0 Å². The molecule has 1 fully saturated rings. The van der Waals surface area contributed by atoms with E-state index >= 15 is 0 Å². The predicted molar refractivity (Wildman–Crippen MR) is 103 cm³/mol. The first kappa shape index (κ1) is 18.3. The Kier molecular flexibility index (Phi) is 5.09. The number of hydrogen-bond acceptors (Lipinski definition) is 7. The van der Waals surface area contributed by atoms with Crippen molar-refractivity contribution in [1.82, 2.24) is 19.4 Å². The number of rotatable bonds is 5. The fraction of sp³-hybridized carbons (Fsp3) is 0.333. The van der Waals surface area contributed by atoms with Gasteiger partial charge in [0.05, 0.1) is 15.8 Å². The minimum absolute atomic E-state index is 0.0622. The van der Waals surface area contributed by atoms with E-state index in [-0.39, 0.29) is 6.04 Å². The zero-order valence-corrected chi connectivity index (χ0v) is 16.5. The molecule has 0 N–H and O–H groups in total. The van der Waals surface area contributed by atoms with E-state index in [0.717, 1.165) is 4.88 Å². The molecule has 0 radical (unpaired) electrons. The predicted octanol–water partition coefficient (Wildman–Crippen LogP) is 2.87. The zero-order valence-electron chi connectivity index (χ0n) is 14.9. The summed E-state index contributed by atoms with van der Waals surface area (Å²) in [6.45, 7) is 4.11. The first-order valence-electron chi connectivity index (χ1n) is 8.72. The van der Waals surface area contributed by atoms with Crippen LogP contribution < -0.4 is 0 Å². The maximum Gasteiger partial charge on any atom is 0.257 e. The van der Waals surface area contributed by atoms with E-state index in [9.17, 15) is 8.42 Å². The molecule has 0 unspecified atom stereocenters. The van der Waals surface area contributed by atoms with Crippen molar-refractivity contribution in [2.24, 2.45) is 0 Å². The van der Waals surface area contributed by atoms with Crippen LogP contribution in [0.1, 0.15) is 18.9 Å². The molecule has 1 atom stereocenters.